The Morgan fingerprint density at radius 2 is 2.24 bits per heavy atom. The van der Waals surface area contributed by atoms with Gasteiger partial charge in [-0.05, 0) is 18.1 Å². The predicted molar refractivity (Wildman–Crippen MR) is 77.2 cm³/mol. The molecule has 1 heterocycles. The van der Waals surface area contributed by atoms with E-state index in [1.807, 2.05) is 13.8 Å². The van der Waals surface area contributed by atoms with Crippen LogP contribution in [0.2, 0.25) is 5.02 Å². The number of carbonyl (C=O) groups is 1. The molecule has 0 bridgehead atoms. The van der Waals surface area contributed by atoms with Crippen LogP contribution in [0.25, 0.3) is 0 Å². The first kappa shape index (κ1) is 15.4. The van der Waals surface area contributed by atoms with Gasteiger partial charge in [0.25, 0.3) is 0 Å². The molecule has 2 rings (SSSR count). The highest BCUT2D eigenvalue weighted by Gasteiger charge is 2.21. The van der Waals surface area contributed by atoms with E-state index in [1.165, 1.54) is 16.9 Å². The molecule has 1 aromatic carbocycles. The van der Waals surface area contributed by atoms with Crippen LogP contribution in [0.1, 0.15) is 25.5 Å². The van der Waals surface area contributed by atoms with Crippen molar-refractivity contribution in [1.82, 2.24) is 20.3 Å². The molecule has 0 spiro atoms. The molecule has 1 amide bonds. The zero-order valence-electron chi connectivity index (χ0n) is 11.8. The van der Waals surface area contributed by atoms with Crippen molar-refractivity contribution in [2.45, 2.75) is 26.4 Å². The molecule has 1 atom stereocenters. The van der Waals surface area contributed by atoms with Gasteiger partial charge in [-0.1, -0.05) is 36.7 Å². The highest BCUT2D eigenvalue weighted by Crippen LogP contribution is 2.26. The molecule has 1 aromatic heterocycles. The third kappa shape index (κ3) is 4.01. The Kier molecular flexibility index (Phi) is 4.90. The first-order valence-corrected chi connectivity index (χ1v) is 6.93. The van der Waals surface area contributed by atoms with Crippen molar-refractivity contribution in [3.8, 4) is 0 Å². The van der Waals surface area contributed by atoms with E-state index < -0.39 is 11.9 Å². The summed E-state index contributed by atoms with van der Waals surface area (Å²) < 4.78 is 15.4. The van der Waals surface area contributed by atoms with Crippen LogP contribution in [-0.2, 0) is 11.3 Å². The Bertz CT molecular complexity index is 615. The Morgan fingerprint density at radius 1 is 1.48 bits per heavy atom. The summed E-state index contributed by atoms with van der Waals surface area (Å²) in [6.45, 7) is 3.86. The monoisotopic (exact) mass is 310 g/mol. The van der Waals surface area contributed by atoms with Gasteiger partial charge in [-0.25, -0.2) is 9.07 Å². The summed E-state index contributed by atoms with van der Waals surface area (Å²) in [5.74, 6) is -0.656. The fraction of sp³-hybridized carbons (Fsp3) is 0.357. The van der Waals surface area contributed by atoms with E-state index in [2.05, 4.69) is 15.6 Å². The van der Waals surface area contributed by atoms with Crippen LogP contribution in [0.5, 0.6) is 0 Å². The number of nitrogens with zero attached hydrogens (tertiary/aromatic N) is 3. The fourth-order valence-corrected chi connectivity index (χ4v) is 2.20. The second kappa shape index (κ2) is 6.67. The second-order valence-electron chi connectivity index (χ2n) is 5.06. The Morgan fingerprint density at radius 3 is 2.81 bits per heavy atom. The molecule has 5 nitrogen and oxygen atoms in total. The summed E-state index contributed by atoms with van der Waals surface area (Å²) in [6.07, 6.45) is 3.08. The second-order valence-corrected chi connectivity index (χ2v) is 5.49. The fourth-order valence-electron chi connectivity index (χ4n) is 2.04. The number of aromatic nitrogens is 3. The number of amides is 1. The summed E-state index contributed by atoms with van der Waals surface area (Å²) in [6, 6.07) is 4.02. The van der Waals surface area contributed by atoms with E-state index >= 15 is 0 Å². The molecular formula is C14H16ClFN4O. The molecular weight excluding hydrogens is 295 g/mol. The van der Waals surface area contributed by atoms with Gasteiger partial charge in [0.2, 0.25) is 5.91 Å². The Labute approximate surface area is 127 Å². The molecule has 112 valence electrons. The van der Waals surface area contributed by atoms with Gasteiger partial charge in [-0.3, -0.25) is 4.79 Å². The van der Waals surface area contributed by atoms with Gasteiger partial charge in [0.15, 0.2) is 0 Å². The van der Waals surface area contributed by atoms with Crippen LogP contribution in [0.15, 0.2) is 30.6 Å². The molecule has 0 fully saturated rings. The summed E-state index contributed by atoms with van der Waals surface area (Å²) in [4.78, 5) is 12.0. The third-order valence-corrected chi connectivity index (χ3v) is 3.29. The van der Waals surface area contributed by atoms with Gasteiger partial charge in [-0.15, -0.1) is 5.10 Å². The average Bonchev–Trinajstić information content (AvgIpc) is 2.89. The predicted octanol–water partition coefficient (Wildman–Crippen LogP) is 2.58. The van der Waals surface area contributed by atoms with E-state index in [-0.39, 0.29) is 18.4 Å². The van der Waals surface area contributed by atoms with E-state index in [1.54, 1.807) is 18.3 Å². The standard InChI is InChI=1S/C14H16ClFN4O/c1-9(2)14(11-4-3-10(15)7-12(11)16)18-13(21)8-20-6-5-17-19-20/h3-7,9,14H,8H2,1-2H3,(H,18,21). The summed E-state index contributed by atoms with van der Waals surface area (Å²) in [7, 11) is 0. The number of carbonyl (C=O) groups excluding carboxylic acids is 1. The number of rotatable bonds is 5. The largest absolute Gasteiger partial charge is 0.347 e. The number of hydrogen-bond acceptors (Lipinski definition) is 3. The first-order valence-electron chi connectivity index (χ1n) is 6.56. The topological polar surface area (TPSA) is 59.8 Å². The van der Waals surface area contributed by atoms with Crippen molar-refractivity contribution in [3.63, 3.8) is 0 Å². The quantitative estimate of drug-likeness (QED) is 0.923. The third-order valence-electron chi connectivity index (χ3n) is 3.06. The van der Waals surface area contributed by atoms with Gasteiger partial charge in [-0.2, -0.15) is 0 Å². The maximum atomic E-state index is 14.0. The van der Waals surface area contributed by atoms with Gasteiger partial charge < -0.3 is 5.32 Å². The van der Waals surface area contributed by atoms with Crippen LogP contribution in [0, 0.1) is 11.7 Å². The molecule has 1 unspecified atom stereocenters. The van der Waals surface area contributed by atoms with Gasteiger partial charge in [0.1, 0.15) is 12.4 Å². The number of nitrogens with one attached hydrogen (secondary N) is 1. The molecule has 0 aliphatic heterocycles. The van der Waals surface area contributed by atoms with Crippen molar-refractivity contribution in [1.29, 1.82) is 0 Å². The Hall–Kier alpha value is -1.95. The lowest BCUT2D eigenvalue weighted by Crippen LogP contribution is -2.34. The van der Waals surface area contributed by atoms with Crippen molar-refractivity contribution in [2.75, 3.05) is 0 Å². The normalized spacial score (nSPS) is 12.4. The summed E-state index contributed by atoms with van der Waals surface area (Å²) in [5, 5.41) is 10.5. The number of hydrogen-bond donors (Lipinski definition) is 1. The zero-order chi connectivity index (χ0) is 15.4. The van der Waals surface area contributed by atoms with Crippen molar-refractivity contribution in [3.05, 3.63) is 47.0 Å². The van der Waals surface area contributed by atoms with Gasteiger partial charge in [0.05, 0.1) is 12.2 Å². The minimum atomic E-state index is -0.432. The van der Waals surface area contributed by atoms with E-state index in [9.17, 15) is 9.18 Å². The van der Waals surface area contributed by atoms with Crippen LogP contribution in [0.3, 0.4) is 0 Å². The zero-order valence-corrected chi connectivity index (χ0v) is 12.5. The van der Waals surface area contributed by atoms with Crippen LogP contribution in [0.4, 0.5) is 4.39 Å². The average molecular weight is 311 g/mol. The molecule has 1 N–H and O–H groups in total. The van der Waals surface area contributed by atoms with Crippen molar-refractivity contribution in [2.24, 2.45) is 5.92 Å². The molecule has 21 heavy (non-hydrogen) atoms. The molecule has 0 saturated heterocycles. The highest BCUT2D eigenvalue weighted by atomic mass is 35.5. The molecule has 0 saturated carbocycles. The van der Waals surface area contributed by atoms with Crippen LogP contribution >= 0.6 is 11.6 Å². The van der Waals surface area contributed by atoms with E-state index in [0.29, 0.717) is 10.6 Å². The molecule has 0 aliphatic carbocycles. The maximum Gasteiger partial charge on any atom is 0.242 e. The van der Waals surface area contributed by atoms with E-state index in [0.717, 1.165) is 0 Å². The molecule has 0 radical (unpaired) electrons. The minimum absolute atomic E-state index is 0.0281. The van der Waals surface area contributed by atoms with Gasteiger partial charge in [0, 0.05) is 16.8 Å². The lowest BCUT2D eigenvalue weighted by molar-refractivity contribution is -0.123. The summed E-state index contributed by atoms with van der Waals surface area (Å²) in [5.41, 5.74) is 0.418. The minimum Gasteiger partial charge on any atom is -0.347 e. The van der Waals surface area contributed by atoms with E-state index in [4.69, 9.17) is 11.6 Å². The summed E-state index contributed by atoms with van der Waals surface area (Å²) >= 11 is 5.76. The highest BCUT2D eigenvalue weighted by molar-refractivity contribution is 6.30. The lowest BCUT2D eigenvalue weighted by Gasteiger charge is -2.23. The van der Waals surface area contributed by atoms with Crippen molar-refractivity contribution < 1.29 is 9.18 Å². The number of benzene rings is 1. The smallest absolute Gasteiger partial charge is 0.242 e. The van der Waals surface area contributed by atoms with Gasteiger partial charge >= 0.3 is 0 Å². The number of halogens is 2. The molecule has 7 heteroatoms. The first-order chi connectivity index (χ1) is 9.97. The lowest BCUT2D eigenvalue weighted by atomic mass is 9.95. The van der Waals surface area contributed by atoms with Crippen LogP contribution < -0.4 is 5.32 Å². The maximum absolute atomic E-state index is 14.0. The SMILES string of the molecule is CC(C)C(NC(=O)Cn1ccnn1)c1ccc(Cl)cc1F. The molecule has 2 aromatic rings. The molecule has 0 aliphatic rings. The van der Waals surface area contributed by atoms with Crippen LogP contribution in [-0.4, -0.2) is 20.9 Å². The van der Waals surface area contributed by atoms with Crippen molar-refractivity contribution >= 4 is 17.5 Å². The Balaban J connectivity index is 2.13.